The van der Waals surface area contributed by atoms with Gasteiger partial charge >= 0.3 is 5.97 Å². The van der Waals surface area contributed by atoms with E-state index in [2.05, 4.69) is 15.0 Å². The molecule has 0 aromatic carbocycles. The van der Waals surface area contributed by atoms with E-state index in [1.165, 1.54) is 0 Å². The van der Waals surface area contributed by atoms with E-state index in [-0.39, 0.29) is 10.3 Å². The highest BCUT2D eigenvalue weighted by Crippen LogP contribution is 2.33. The lowest BCUT2D eigenvalue weighted by molar-refractivity contribution is 0.0699. The molecule has 2 rings (SSSR count). The summed E-state index contributed by atoms with van der Waals surface area (Å²) in [5, 5.41) is 9.81. The molecule has 0 atom stereocenters. The Hall–Kier alpha value is -1.82. The minimum atomic E-state index is -0.958. The first kappa shape index (κ1) is 13.6. The van der Waals surface area contributed by atoms with Crippen molar-refractivity contribution in [2.75, 3.05) is 0 Å². The molecule has 0 radical (unpaired) electrons. The van der Waals surface area contributed by atoms with Crippen LogP contribution < -0.4 is 0 Å². The normalized spacial score (nSPS) is 11.6. The average molecular weight is 277 g/mol. The molecule has 0 spiro atoms. The molecule has 19 heavy (non-hydrogen) atoms. The quantitative estimate of drug-likeness (QED) is 0.913. The number of hydrogen-bond donors (Lipinski definition) is 1. The van der Waals surface area contributed by atoms with Gasteiger partial charge in [-0.2, -0.15) is 0 Å². The third-order valence-corrected chi connectivity index (χ3v) is 3.54. The SMILES string of the molecule is Cc1cnc(-c2nc(C(C)(C)C)c(C(=O)O)s2)nc1. The van der Waals surface area contributed by atoms with Crippen LogP contribution in [0.2, 0.25) is 0 Å². The van der Waals surface area contributed by atoms with Crippen LogP contribution in [0.3, 0.4) is 0 Å². The first-order valence-electron chi connectivity index (χ1n) is 5.82. The number of aromatic nitrogens is 3. The van der Waals surface area contributed by atoms with Gasteiger partial charge in [-0.25, -0.2) is 19.7 Å². The molecule has 0 amide bonds. The molecule has 0 aliphatic rings. The predicted octanol–water partition coefficient (Wildman–Crippen LogP) is 2.90. The van der Waals surface area contributed by atoms with Crippen molar-refractivity contribution in [1.82, 2.24) is 15.0 Å². The van der Waals surface area contributed by atoms with Crippen molar-refractivity contribution in [3.63, 3.8) is 0 Å². The number of carbonyl (C=O) groups is 1. The predicted molar refractivity (Wildman–Crippen MR) is 73.5 cm³/mol. The fraction of sp³-hybridized carbons (Fsp3) is 0.385. The summed E-state index contributed by atoms with van der Waals surface area (Å²) in [6, 6.07) is 0. The first-order valence-corrected chi connectivity index (χ1v) is 6.64. The molecule has 0 saturated carbocycles. The number of aryl methyl sites for hydroxylation is 1. The van der Waals surface area contributed by atoms with Gasteiger partial charge < -0.3 is 5.11 Å². The lowest BCUT2D eigenvalue weighted by Crippen LogP contribution is -2.16. The van der Waals surface area contributed by atoms with Crippen LogP contribution >= 0.6 is 11.3 Å². The van der Waals surface area contributed by atoms with E-state index in [0.717, 1.165) is 16.9 Å². The van der Waals surface area contributed by atoms with Gasteiger partial charge in [0.15, 0.2) is 10.8 Å². The van der Waals surface area contributed by atoms with Gasteiger partial charge in [0.1, 0.15) is 4.88 Å². The summed E-state index contributed by atoms with van der Waals surface area (Å²) in [6.07, 6.45) is 3.39. The third-order valence-electron chi connectivity index (χ3n) is 2.50. The molecule has 0 aliphatic heterocycles. The maximum absolute atomic E-state index is 11.3. The highest BCUT2D eigenvalue weighted by molar-refractivity contribution is 7.16. The zero-order valence-corrected chi connectivity index (χ0v) is 12.1. The fourth-order valence-electron chi connectivity index (χ4n) is 1.57. The van der Waals surface area contributed by atoms with Gasteiger partial charge in [-0.1, -0.05) is 20.8 Å². The van der Waals surface area contributed by atoms with Crippen molar-refractivity contribution in [2.24, 2.45) is 0 Å². The highest BCUT2D eigenvalue weighted by atomic mass is 32.1. The summed E-state index contributed by atoms with van der Waals surface area (Å²) in [5.41, 5.74) is 1.20. The molecular formula is C13H15N3O2S. The van der Waals surface area contributed by atoms with Gasteiger partial charge in [0.25, 0.3) is 0 Å². The zero-order valence-electron chi connectivity index (χ0n) is 11.3. The fourth-order valence-corrected chi connectivity index (χ4v) is 2.63. The molecule has 2 aromatic rings. The molecule has 6 heteroatoms. The molecule has 0 saturated heterocycles. The second-order valence-corrected chi connectivity index (χ2v) is 6.33. The Morgan fingerprint density at radius 1 is 1.26 bits per heavy atom. The molecule has 0 aliphatic carbocycles. The van der Waals surface area contributed by atoms with Crippen molar-refractivity contribution < 1.29 is 9.90 Å². The van der Waals surface area contributed by atoms with Gasteiger partial charge in [-0.15, -0.1) is 11.3 Å². The van der Waals surface area contributed by atoms with Gasteiger partial charge in [0.2, 0.25) is 0 Å². The summed E-state index contributed by atoms with van der Waals surface area (Å²) >= 11 is 1.12. The molecule has 2 aromatic heterocycles. The van der Waals surface area contributed by atoms with E-state index in [4.69, 9.17) is 0 Å². The third kappa shape index (κ3) is 2.78. The van der Waals surface area contributed by atoms with E-state index in [0.29, 0.717) is 16.5 Å². The van der Waals surface area contributed by atoms with Gasteiger partial charge in [-0.05, 0) is 12.5 Å². The Morgan fingerprint density at radius 3 is 2.26 bits per heavy atom. The van der Waals surface area contributed by atoms with Crippen LogP contribution in [0.25, 0.3) is 10.8 Å². The standard InChI is InChI=1S/C13H15N3O2S/c1-7-5-14-10(15-6-7)11-16-9(13(2,3)4)8(19-11)12(17)18/h5-6H,1-4H3,(H,17,18). The molecule has 100 valence electrons. The van der Waals surface area contributed by atoms with Crippen LogP contribution in [0.15, 0.2) is 12.4 Å². The molecule has 0 bridgehead atoms. The van der Waals surface area contributed by atoms with Crippen LogP contribution in [0, 0.1) is 6.92 Å². The minimum absolute atomic E-state index is 0.256. The summed E-state index contributed by atoms with van der Waals surface area (Å²) in [6.45, 7) is 7.71. The zero-order chi connectivity index (χ0) is 14.2. The van der Waals surface area contributed by atoms with Crippen LogP contribution in [0.5, 0.6) is 0 Å². The van der Waals surface area contributed by atoms with Gasteiger partial charge in [0, 0.05) is 17.8 Å². The molecular weight excluding hydrogens is 262 g/mol. The van der Waals surface area contributed by atoms with Crippen LogP contribution in [-0.4, -0.2) is 26.0 Å². The van der Waals surface area contributed by atoms with Crippen LogP contribution in [-0.2, 0) is 5.41 Å². The monoisotopic (exact) mass is 277 g/mol. The van der Waals surface area contributed by atoms with Crippen molar-refractivity contribution in [3.05, 3.63) is 28.5 Å². The van der Waals surface area contributed by atoms with E-state index in [9.17, 15) is 9.90 Å². The van der Waals surface area contributed by atoms with Crippen molar-refractivity contribution >= 4 is 17.3 Å². The second-order valence-electron chi connectivity index (χ2n) is 5.34. The molecule has 0 unspecified atom stereocenters. The number of carboxylic acids is 1. The molecule has 1 N–H and O–H groups in total. The Bertz CT molecular complexity index is 612. The second kappa shape index (κ2) is 4.70. The molecule has 2 heterocycles. The molecule has 0 fully saturated rings. The Balaban J connectivity index is 2.55. The summed E-state index contributed by atoms with van der Waals surface area (Å²) in [4.78, 5) is 24.3. The average Bonchev–Trinajstić information content (AvgIpc) is 2.74. The number of aromatic carboxylic acids is 1. The smallest absolute Gasteiger partial charge is 0.347 e. The van der Waals surface area contributed by atoms with Crippen LogP contribution in [0.4, 0.5) is 0 Å². The lowest BCUT2D eigenvalue weighted by atomic mass is 9.91. The number of nitrogens with zero attached hydrogens (tertiary/aromatic N) is 3. The number of carboxylic acid groups (broad SMARTS) is 1. The minimum Gasteiger partial charge on any atom is -0.477 e. The maximum atomic E-state index is 11.3. The number of hydrogen-bond acceptors (Lipinski definition) is 5. The Kier molecular flexibility index (Phi) is 3.36. The van der Waals surface area contributed by atoms with Crippen molar-refractivity contribution in [1.29, 1.82) is 0 Å². The maximum Gasteiger partial charge on any atom is 0.347 e. The highest BCUT2D eigenvalue weighted by Gasteiger charge is 2.27. The van der Waals surface area contributed by atoms with Crippen molar-refractivity contribution in [2.45, 2.75) is 33.1 Å². The molecule has 5 nitrogen and oxygen atoms in total. The van der Waals surface area contributed by atoms with E-state index in [1.54, 1.807) is 12.4 Å². The summed E-state index contributed by atoms with van der Waals surface area (Å²) in [7, 11) is 0. The first-order chi connectivity index (χ1) is 8.79. The van der Waals surface area contributed by atoms with E-state index < -0.39 is 5.97 Å². The Morgan fingerprint density at radius 2 is 1.84 bits per heavy atom. The Labute approximate surface area is 115 Å². The van der Waals surface area contributed by atoms with E-state index >= 15 is 0 Å². The van der Waals surface area contributed by atoms with Crippen LogP contribution in [0.1, 0.15) is 41.7 Å². The van der Waals surface area contributed by atoms with Gasteiger partial charge in [-0.3, -0.25) is 0 Å². The van der Waals surface area contributed by atoms with Gasteiger partial charge in [0.05, 0.1) is 5.69 Å². The topological polar surface area (TPSA) is 76.0 Å². The lowest BCUT2D eigenvalue weighted by Gasteiger charge is -2.15. The van der Waals surface area contributed by atoms with E-state index in [1.807, 2.05) is 27.7 Å². The largest absolute Gasteiger partial charge is 0.477 e. The number of thiazole rings is 1. The summed E-state index contributed by atoms with van der Waals surface area (Å²) < 4.78 is 0. The van der Waals surface area contributed by atoms with Crippen molar-refractivity contribution in [3.8, 4) is 10.8 Å². The number of rotatable bonds is 2. The summed E-state index contributed by atoms with van der Waals surface area (Å²) in [5.74, 6) is -0.491.